The van der Waals surface area contributed by atoms with Gasteiger partial charge in [0, 0.05) is 30.6 Å². The highest BCUT2D eigenvalue weighted by molar-refractivity contribution is 7.91. The van der Waals surface area contributed by atoms with Crippen LogP contribution in [0.3, 0.4) is 0 Å². The van der Waals surface area contributed by atoms with Gasteiger partial charge in [-0.2, -0.15) is 0 Å². The summed E-state index contributed by atoms with van der Waals surface area (Å²) in [7, 11) is -3.88. The zero-order chi connectivity index (χ0) is 23.4. The van der Waals surface area contributed by atoms with E-state index in [2.05, 4.69) is 4.98 Å². The van der Waals surface area contributed by atoms with E-state index in [1.165, 1.54) is 24.3 Å². The highest BCUT2D eigenvalue weighted by atomic mass is 32.2. The lowest BCUT2D eigenvalue weighted by atomic mass is 10.0. The normalized spacial score (nSPS) is 11.6. The van der Waals surface area contributed by atoms with Crippen molar-refractivity contribution in [1.29, 1.82) is 0 Å². The third-order valence-electron chi connectivity index (χ3n) is 5.26. The number of pyridine rings is 1. The highest BCUT2D eigenvalue weighted by Crippen LogP contribution is 2.26. The predicted octanol–water partition coefficient (Wildman–Crippen LogP) is 4.91. The van der Waals surface area contributed by atoms with Gasteiger partial charge in [0.1, 0.15) is 5.65 Å². The Bertz CT molecular complexity index is 1400. The topological polar surface area (TPSA) is 77.7 Å². The summed E-state index contributed by atoms with van der Waals surface area (Å²) in [6.07, 6.45) is 6.68. The first kappa shape index (κ1) is 22.7. The lowest BCUT2D eigenvalue weighted by Crippen LogP contribution is -2.05. The Morgan fingerprint density at radius 3 is 2.55 bits per heavy atom. The molecule has 4 aromatic rings. The van der Waals surface area contributed by atoms with Gasteiger partial charge in [0.15, 0.2) is 17.3 Å². The van der Waals surface area contributed by atoms with Crippen molar-refractivity contribution in [1.82, 2.24) is 9.38 Å². The number of nitrogens with zero attached hydrogens (tertiary/aromatic N) is 2. The Hall–Kier alpha value is -3.52. The van der Waals surface area contributed by atoms with E-state index in [9.17, 15) is 17.6 Å². The maximum Gasteiger partial charge on any atom is 0.206 e. The van der Waals surface area contributed by atoms with Gasteiger partial charge >= 0.3 is 0 Å². The zero-order valence-corrected chi connectivity index (χ0v) is 18.9. The van der Waals surface area contributed by atoms with Gasteiger partial charge in [-0.3, -0.25) is 4.79 Å². The SMILES string of the molecule is CCCOc1ccc(S(=O)(=O)c2ccc(CCC(=O)c3ccc4nccn4c3)cc2)cc1F. The van der Waals surface area contributed by atoms with Crippen molar-refractivity contribution in [2.45, 2.75) is 36.0 Å². The number of fused-ring (bicyclic) bond motifs is 1. The van der Waals surface area contributed by atoms with Crippen molar-refractivity contribution in [3.05, 3.63) is 90.1 Å². The van der Waals surface area contributed by atoms with E-state index in [0.29, 0.717) is 18.6 Å². The Labute approximate surface area is 191 Å². The predicted molar refractivity (Wildman–Crippen MR) is 122 cm³/mol. The number of hydrogen-bond acceptors (Lipinski definition) is 5. The van der Waals surface area contributed by atoms with Crippen molar-refractivity contribution in [3.8, 4) is 5.75 Å². The van der Waals surface area contributed by atoms with Crippen LogP contribution in [-0.4, -0.2) is 30.2 Å². The van der Waals surface area contributed by atoms with E-state index in [1.807, 2.05) is 6.92 Å². The monoisotopic (exact) mass is 466 g/mol. The standard InChI is InChI=1S/C25H23FN2O4S/c1-2-15-32-24-11-9-21(16-22(24)26)33(30,31)20-7-3-18(4-8-20)5-10-23(29)19-6-12-25-27-13-14-28(25)17-19/h3-4,6-9,11-14,16-17H,2,5,10,15H2,1H3. The van der Waals surface area contributed by atoms with Crippen LogP contribution >= 0.6 is 0 Å². The summed E-state index contributed by atoms with van der Waals surface area (Å²) < 4.78 is 47.1. The van der Waals surface area contributed by atoms with Gasteiger partial charge in [-0.15, -0.1) is 0 Å². The second-order valence-electron chi connectivity index (χ2n) is 7.62. The van der Waals surface area contributed by atoms with Crippen LogP contribution in [-0.2, 0) is 16.3 Å². The third-order valence-corrected chi connectivity index (χ3v) is 7.03. The maximum absolute atomic E-state index is 14.2. The van der Waals surface area contributed by atoms with Gasteiger partial charge in [0.25, 0.3) is 0 Å². The minimum Gasteiger partial charge on any atom is -0.491 e. The second-order valence-corrected chi connectivity index (χ2v) is 9.57. The van der Waals surface area contributed by atoms with Gasteiger partial charge in [0.2, 0.25) is 9.84 Å². The summed E-state index contributed by atoms with van der Waals surface area (Å²) in [6, 6.07) is 13.5. The third kappa shape index (κ3) is 4.96. The van der Waals surface area contributed by atoms with Crippen LogP contribution in [0.15, 0.2) is 83.0 Å². The molecule has 0 amide bonds. The number of aromatic nitrogens is 2. The van der Waals surface area contributed by atoms with Crippen LogP contribution in [0.4, 0.5) is 4.39 Å². The molecular formula is C25H23FN2O4S. The molecule has 6 nitrogen and oxygen atoms in total. The molecule has 2 heterocycles. The fraction of sp³-hybridized carbons (Fsp3) is 0.200. The van der Waals surface area contributed by atoms with Crippen molar-refractivity contribution >= 4 is 21.3 Å². The number of hydrogen-bond donors (Lipinski definition) is 0. The molecule has 33 heavy (non-hydrogen) atoms. The molecule has 0 N–H and O–H groups in total. The van der Waals surface area contributed by atoms with E-state index in [4.69, 9.17) is 4.74 Å². The Morgan fingerprint density at radius 1 is 1.06 bits per heavy atom. The fourth-order valence-electron chi connectivity index (χ4n) is 3.44. The van der Waals surface area contributed by atoms with E-state index in [-0.39, 0.29) is 27.7 Å². The smallest absolute Gasteiger partial charge is 0.206 e. The van der Waals surface area contributed by atoms with E-state index in [0.717, 1.165) is 23.7 Å². The molecule has 0 spiro atoms. The number of carbonyl (C=O) groups is 1. The number of ether oxygens (including phenoxy) is 1. The number of aryl methyl sites for hydroxylation is 1. The van der Waals surface area contributed by atoms with Crippen LogP contribution in [0.1, 0.15) is 35.7 Å². The van der Waals surface area contributed by atoms with Crippen LogP contribution in [0.25, 0.3) is 5.65 Å². The van der Waals surface area contributed by atoms with Gasteiger partial charge < -0.3 is 9.14 Å². The number of imidazole rings is 1. The van der Waals surface area contributed by atoms with Crippen molar-refractivity contribution in [3.63, 3.8) is 0 Å². The molecule has 170 valence electrons. The van der Waals surface area contributed by atoms with Gasteiger partial charge in [-0.05, 0) is 60.9 Å². The highest BCUT2D eigenvalue weighted by Gasteiger charge is 2.20. The summed E-state index contributed by atoms with van der Waals surface area (Å²) >= 11 is 0. The number of carbonyl (C=O) groups excluding carboxylic acids is 1. The van der Waals surface area contributed by atoms with Crippen molar-refractivity contribution in [2.24, 2.45) is 0 Å². The Kier molecular flexibility index (Phi) is 6.55. The molecule has 0 radical (unpaired) electrons. The summed E-state index contributed by atoms with van der Waals surface area (Å²) in [5.74, 6) is -0.695. The van der Waals surface area contributed by atoms with Gasteiger partial charge in [-0.1, -0.05) is 19.1 Å². The molecular weight excluding hydrogens is 443 g/mol. The van der Waals surface area contributed by atoms with E-state index >= 15 is 0 Å². The summed E-state index contributed by atoms with van der Waals surface area (Å²) in [6.45, 7) is 2.25. The van der Waals surface area contributed by atoms with Crippen LogP contribution in [0.5, 0.6) is 5.75 Å². The largest absolute Gasteiger partial charge is 0.491 e. The number of rotatable bonds is 9. The lowest BCUT2D eigenvalue weighted by Gasteiger charge is -2.09. The first-order valence-corrected chi connectivity index (χ1v) is 12.1. The minimum atomic E-state index is -3.88. The first-order valence-electron chi connectivity index (χ1n) is 10.6. The molecule has 2 aromatic carbocycles. The minimum absolute atomic E-state index is 0.0110. The first-order chi connectivity index (χ1) is 15.9. The molecule has 2 aromatic heterocycles. The van der Waals surface area contributed by atoms with Crippen molar-refractivity contribution in [2.75, 3.05) is 6.61 Å². The second kappa shape index (κ2) is 9.54. The number of sulfone groups is 1. The van der Waals surface area contributed by atoms with Crippen LogP contribution in [0.2, 0.25) is 0 Å². The van der Waals surface area contributed by atoms with Gasteiger partial charge in [0.05, 0.1) is 16.4 Å². The number of halogens is 1. The number of ketones is 1. The lowest BCUT2D eigenvalue weighted by molar-refractivity contribution is 0.0982. The number of Topliss-reactive ketones (excluding diaryl/α,β-unsaturated/α-hetero) is 1. The average Bonchev–Trinajstić information content (AvgIpc) is 3.30. The van der Waals surface area contributed by atoms with E-state index < -0.39 is 15.7 Å². The maximum atomic E-state index is 14.2. The Morgan fingerprint density at radius 2 is 1.82 bits per heavy atom. The van der Waals surface area contributed by atoms with Gasteiger partial charge in [-0.25, -0.2) is 17.8 Å². The fourth-order valence-corrected chi connectivity index (χ4v) is 4.71. The van der Waals surface area contributed by atoms with Crippen molar-refractivity contribution < 1.29 is 22.3 Å². The Balaban J connectivity index is 1.43. The summed E-state index contributed by atoms with van der Waals surface area (Å²) in [4.78, 5) is 16.6. The zero-order valence-electron chi connectivity index (χ0n) is 18.1. The molecule has 0 aliphatic carbocycles. The number of benzene rings is 2. The molecule has 0 fully saturated rings. The molecule has 4 rings (SSSR count). The molecule has 0 aliphatic rings. The molecule has 0 saturated carbocycles. The van der Waals surface area contributed by atoms with E-state index in [1.54, 1.807) is 47.3 Å². The van der Waals surface area contributed by atoms with Crippen LogP contribution in [0, 0.1) is 5.82 Å². The summed E-state index contributed by atoms with van der Waals surface area (Å²) in [5, 5.41) is 0. The molecule has 0 bridgehead atoms. The van der Waals surface area contributed by atoms with Crippen LogP contribution < -0.4 is 4.74 Å². The summed E-state index contributed by atoms with van der Waals surface area (Å²) in [5.41, 5.74) is 2.19. The molecule has 0 saturated heterocycles. The molecule has 0 aliphatic heterocycles. The molecule has 8 heteroatoms. The quantitative estimate of drug-likeness (QED) is 0.328. The average molecular weight is 467 g/mol. The molecule has 0 unspecified atom stereocenters. The molecule has 0 atom stereocenters.